The normalized spacial score (nSPS) is 11.1. The van der Waals surface area contributed by atoms with Gasteiger partial charge in [0.15, 0.2) is 5.82 Å². The summed E-state index contributed by atoms with van der Waals surface area (Å²) in [5.41, 5.74) is -0.797. The molecule has 0 radical (unpaired) electrons. The van der Waals surface area contributed by atoms with E-state index in [4.69, 9.17) is 0 Å². The third-order valence-electron chi connectivity index (χ3n) is 2.51. The number of nitrogens with one attached hydrogen (secondary N) is 3. The van der Waals surface area contributed by atoms with Crippen molar-refractivity contribution in [3.05, 3.63) is 40.5 Å². The molecule has 9 nitrogen and oxygen atoms in total. The molecule has 0 aliphatic carbocycles. The number of hydrogen-bond acceptors (Lipinski definition) is 6. The van der Waals surface area contributed by atoms with E-state index in [9.17, 15) is 22.9 Å². The number of sulfonamides is 1. The lowest BCUT2D eigenvalue weighted by Crippen LogP contribution is -2.17. The van der Waals surface area contributed by atoms with Gasteiger partial charge < -0.3 is 10.3 Å². The lowest BCUT2D eigenvalue weighted by molar-refractivity contribution is -0.385. The molecule has 2 rings (SSSR count). The van der Waals surface area contributed by atoms with E-state index in [1.807, 2.05) is 4.72 Å². The van der Waals surface area contributed by atoms with E-state index in [1.54, 1.807) is 0 Å². The molecule has 0 atom stereocenters. The van der Waals surface area contributed by atoms with Crippen LogP contribution in [-0.2, 0) is 10.0 Å². The Hall–Kier alpha value is -2.69. The molecule has 2 aromatic rings. The first-order chi connectivity index (χ1) is 9.85. The maximum absolute atomic E-state index is 14.0. The third kappa shape index (κ3) is 2.91. The summed E-state index contributed by atoms with van der Waals surface area (Å²) in [6, 6.07) is 1.47. The van der Waals surface area contributed by atoms with Crippen LogP contribution in [0.25, 0.3) is 0 Å². The van der Waals surface area contributed by atoms with E-state index >= 15 is 0 Å². The molecular weight excluding hydrogens is 305 g/mol. The molecule has 0 bridgehead atoms. The summed E-state index contributed by atoms with van der Waals surface area (Å²) in [5.74, 6) is -1.34. The molecule has 0 spiro atoms. The first kappa shape index (κ1) is 14.7. The molecule has 0 aliphatic rings. The average molecular weight is 315 g/mol. The highest BCUT2D eigenvalue weighted by atomic mass is 32.2. The van der Waals surface area contributed by atoms with Crippen LogP contribution in [0.2, 0.25) is 0 Å². The number of hydrogen-bond donors (Lipinski definition) is 3. The highest BCUT2D eigenvalue weighted by Gasteiger charge is 2.27. The Kier molecular flexibility index (Phi) is 3.76. The van der Waals surface area contributed by atoms with Gasteiger partial charge in [0.2, 0.25) is 5.95 Å². The predicted octanol–water partition coefficient (Wildman–Crippen LogP) is 1.30. The number of benzene rings is 1. The second-order valence-corrected chi connectivity index (χ2v) is 5.47. The van der Waals surface area contributed by atoms with E-state index in [1.165, 1.54) is 19.4 Å². The Morgan fingerprint density at radius 1 is 1.43 bits per heavy atom. The number of non-ortho nitro benzene ring substituents is 1. The summed E-state index contributed by atoms with van der Waals surface area (Å²) in [6.07, 6.45) is 2.69. The molecule has 0 saturated heterocycles. The molecule has 1 aromatic carbocycles. The van der Waals surface area contributed by atoms with E-state index in [2.05, 4.69) is 15.3 Å². The zero-order chi connectivity index (χ0) is 15.6. The molecule has 0 fully saturated rings. The first-order valence-corrected chi connectivity index (χ1v) is 7.01. The zero-order valence-electron chi connectivity index (χ0n) is 10.6. The summed E-state index contributed by atoms with van der Waals surface area (Å²) in [7, 11) is -2.98. The molecule has 1 aromatic heterocycles. The van der Waals surface area contributed by atoms with Crippen molar-refractivity contribution in [2.24, 2.45) is 0 Å². The van der Waals surface area contributed by atoms with Gasteiger partial charge in [-0.05, 0) is 0 Å². The number of H-pyrrole nitrogens is 1. The molecule has 0 saturated carbocycles. The second kappa shape index (κ2) is 5.36. The topological polar surface area (TPSA) is 130 Å². The highest BCUT2D eigenvalue weighted by Crippen LogP contribution is 2.30. The van der Waals surface area contributed by atoms with E-state index in [0.29, 0.717) is 6.07 Å². The van der Waals surface area contributed by atoms with Gasteiger partial charge in [0.25, 0.3) is 15.7 Å². The Labute approximate surface area is 118 Å². The van der Waals surface area contributed by atoms with Crippen molar-refractivity contribution in [1.82, 2.24) is 9.97 Å². The maximum Gasteiger partial charge on any atom is 0.274 e. The largest absolute Gasteiger partial charge is 0.387 e. The third-order valence-corrected chi connectivity index (χ3v) is 3.92. The molecule has 0 amide bonds. The summed E-state index contributed by atoms with van der Waals surface area (Å²) in [6.45, 7) is 0. The van der Waals surface area contributed by atoms with Crippen LogP contribution in [0.15, 0.2) is 29.4 Å². The molecule has 21 heavy (non-hydrogen) atoms. The fourth-order valence-corrected chi connectivity index (χ4v) is 2.88. The van der Waals surface area contributed by atoms with Crippen LogP contribution in [0.3, 0.4) is 0 Å². The van der Waals surface area contributed by atoms with Crippen LogP contribution in [-0.4, -0.2) is 30.4 Å². The number of rotatable bonds is 5. The number of aromatic amines is 1. The van der Waals surface area contributed by atoms with Crippen LogP contribution < -0.4 is 10.0 Å². The van der Waals surface area contributed by atoms with E-state index in [0.717, 1.165) is 6.07 Å². The van der Waals surface area contributed by atoms with Gasteiger partial charge in [0, 0.05) is 25.5 Å². The van der Waals surface area contributed by atoms with Crippen molar-refractivity contribution in [2.45, 2.75) is 4.90 Å². The van der Waals surface area contributed by atoms with Gasteiger partial charge in [-0.1, -0.05) is 0 Å². The van der Waals surface area contributed by atoms with E-state index < -0.39 is 31.3 Å². The number of imidazole rings is 1. The van der Waals surface area contributed by atoms with Gasteiger partial charge in [-0.3, -0.25) is 10.1 Å². The molecule has 0 aliphatic heterocycles. The number of nitro benzene ring substituents is 1. The van der Waals surface area contributed by atoms with Gasteiger partial charge in [-0.2, -0.15) is 0 Å². The molecular formula is C10H10FN5O4S. The predicted molar refractivity (Wildman–Crippen MR) is 72.0 cm³/mol. The van der Waals surface area contributed by atoms with Crippen molar-refractivity contribution in [2.75, 3.05) is 17.1 Å². The number of anilines is 2. The Morgan fingerprint density at radius 3 is 2.67 bits per heavy atom. The molecule has 0 unspecified atom stereocenters. The number of nitrogens with zero attached hydrogens (tertiary/aromatic N) is 2. The quantitative estimate of drug-likeness (QED) is 0.563. The summed E-state index contributed by atoms with van der Waals surface area (Å²) in [4.78, 5) is 15.3. The summed E-state index contributed by atoms with van der Waals surface area (Å²) >= 11 is 0. The van der Waals surface area contributed by atoms with Crippen molar-refractivity contribution in [3.8, 4) is 0 Å². The lowest BCUT2D eigenvalue weighted by atomic mass is 10.2. The fraction of sp³-hybridized carbons (Fsp3) is 0.100. The second-order valence-electron chi connectivity index (χ2n) is 3.85. The summed E-state index contributed by atoms with van der Waals surface area (Å²) < 4.78 is 40.3. The Morgan fingerprint density at radius 2 is 2.14 bits per heavy atom. The van der Waals surface area contributed by atoms with Crippen LogP contribution in [0, 0.1) is 15.9 Å². The highest BCUT2D eigenvalue weighted by molar-refractivity contribution is 7.92. The van der Waals surface area contributed by atoms with Crippen LogP contribution >= 0.6 is 0 Å². The Bertz CT molecular complexity index is 775. The van der Waals surface area contributed by atoms with Crippen molar-refractivity contribution in [1.29, 1.82) is 0 Å². The van der Waals surface area contributed by atoms with Gasteiger partial charge in [-0.15, -0.1) is 0 Å². The van der Waals surface area contributed by atoms with Crippen molar-refractivity contribution < 1.29 is 17.7 Å². The van der Waals surface area contributed by atoms with Crippen molar-refractivity contribution >= 4 is 27.3 Å². The van der Waals surface area contributed by atoms with E-state index in [-0.39, 0.29) is 11.6 Å². The lowest BCUT2D eigenvalue weighted by Gasteiger charge is -2.11. The molecule has 3 N–H and O–H groups in total. The van der Waals surface area contributed by atoms with Crippen LogP contribution in [0.5, 0.6) is 0 Å². The van der Waals surface area contributed by atoms with Gasteiger partial charge in [0.05, 0.1) is 16.7 Å². The number of nitro groups is 1. The Balaban J connectivity index is 2.54. The molecule has 1 heterocycles. The number of halogens is 1. The minimum atomic E-state index is -4.30. The van der Waals surface area contributed by atoms with Gasteiger partial charge in [0.1, 0.15) is 4.90 Å². The zero-order valence-corrected chi connectivity index (χ0v) is 11.4. The smallest absolute Gasteiger partial charge is 0.274 e. The molecule has 11 heteroatoms. The maximum atomic E-state index is 14.0. The average Bonchev–Trinajstić information content (AvgIpc) is 2.89. The first-order valence-electron chi connectivity index (χ1n) is 5.53. The van der Waals surface area contributed by atoms with Gasteiger partial charge in [-0.25, -0.2) is 22.5 Å². The van der Waals surface area contributed by atoms with Crippen molar-refractivity contribution in [3.63, 3.8) is 0 Å². The number of aromatic nitrogens is 2. The monoisotopic (exact) mass is 315 g/mol. The van der Waals surface area contributed by atoms with Crippen LogP contribution in [0.4, 0.5) is 21.7 Å². The fourth-order valence-electron chi connectivity index (χ4n) is 1.64. The standard InChI is InChI=1S/C10H10FN5O4S/c1-12-8-5-6(16(17)18)4-7(11)9(8)21(19,20)15-10-13-2-3-14-10/h2-5,12H,1H3,(H2,13,14,15). The van der Waals surface area contributed by atoms with Crippen LogP contribution in [0.1, 0.15) is 0 Å². The minimum Gasteiger partial charge on any atom is -0.387 e. The molecule has 112 valence electrons. The summed E-state index contributed by atoms with van der Waals surface area (Å²) in [5, 5.41) is 13.1. The van der Waals surface area contributed by atoms with Gasteiger partial charge >= 0.3 is 0 Å². The minimum absolute atomic E-state index is 0.102. The SMILES string of the molecule is CNc1cc([N+](=O)[O-])cc(F)c1S(=O)(=O)Nc1ncc[nH]1.